The summed E-state index contributed by atoms with van der Waals surface area (Å²) in [5, 5.41) is 5.09. The first-order valence-corrected chi connectivity index (χ1v) is 8.18. The van der Waals surface area contributed by atoms with Crippen molar-refractivity contribution in [2.24, 2.45) is 18.1 Å². The second-order valence-corrected chi connectivity index (χ2v) is 6.92. The zero-order chi connectivity index (χ0) is 16.2. The zero-order valence-electron chi connectivity index (χ0n) is 12.9. The van der Waals surface area contributed by atoms with Gasteiger partial charge in [-0.25, -0.2) is 13.6 Å². The van der Waals surface area contributed by atoms with Gasteiger partial charge in [0.25, 0.3) is 5.91 Å². The number of hydrogen-bond donors (Lipinski definition) is 1. The number of carbonyl (C=O) groups excluding carboxylic acids is 1. The molecule has 0 aliphatic rings. The Bertz CT molecular complexity index is 593. The van der Waals surface area contributed by atoms with Crippen molar-refractivity contribution in [3.63, 3.8) is 0 Å². The number of aromatic nitrogens is 1. The van der Waals surface area contributed by atoms with Crippen LogP contribution in [0.15, 0.2) is 17.2 Å². The van der Waals surface area contributed by atoms with E-state index in [1.54, 1.807) is 19.1 Å². The molecule has 0 atom stereocenters. The summed E-state index contributed by atoms with van der Waals surface area (Å²) in [7, 11) is -0.634. The molecule has 0 radical (unpaired) electrons. The number of ether oxygens (including phenoxy) is 1. The highest BCUT2D eigenvalue weighted by molar-refractivity contribution is 7.89. The molecular weight excluding hydrogens is 294 g/mol. The maximum Gasteiger partial charge on any atom is 0.270 e. The summed E-state index contributed by atoms with van der Waals surface area (Å²) in [4.78, 5) is 14.1. The van der Waals surface area contributed by atoms with E-state index in [2.05, 4.69) is 0 Å². The SMILES string of the molecule is COCCN(CC(C)C)C(=O)c1cc(S(N)(=O)=O)cn1C. The van der Waals surface area contributed by atoms with Crippen molar-refractivity contribution < 1.29 is 17.9 Å². The number of primary sulfonamides is 1. The van der Waals surface area contributed by atoms with Gasteiger partial charge in [0, 0.05) is 33.4 Å². The van der Waals surface area contributed by atoms with Gasteiger partial charge in [0.15, 0.2) is 0 Å². The molecule has 1 rings (SSSR count). The van der Waals surface area contributed by atoms with Gasteiger partial charge in [-0.1, -0.05) is 13.8 Å². The van der Waals surface area contributed by atoms with E-state index in [-0.39, 0.29) is 16.5 Å². The van der Waals surface area contributed by atoms with Crippen LogP contribution in [0.2, 0.25) is 0 Å². The van der Waals surface area contributed by atoms with Crippen molar-refractivity contribution in [1.29, 1.82) is 0 Å². The van der Waals surface area contributed by atoms with E-state index < -0.39 is 10.0 Å². The predicted octanol–water partition coefficient (Wildman–Crippen LogP) is 0.417. The number of hydrogen-bond acceptors (Lipinski definition) is 4. The molecule has 1 amide bonds. The Labute approximate surface area is 125 Å². The smallest absolute Gasteiger partial charge is 0.270 e. The fourth-order valence-electron chi connectivity index (χ4n) is 1.98. The molecule has 0 saturated carbocycles. The van der Waals surface area contributed by atoms with Crippen molar-refractivity contribution in [2.75, 3.05) is 26.8 Å². The first-order valence-electron chi connectivity index (χ1n) is 6.64. The lowest BCUT2D eigenvalue weighted by atomic mass is 10.2. The van der Waals surface area contributed by atoms with Crippen LogP contribution in [0.1, 0.15) is 24.3 Å². The van der Waals surface area contributed by atoms with Crippen LogP contribution >= 0.6 is 0 Å². The van der Waals surface area contributed by atoms with Crippen LogP contribution in [-0.4, -0.2) is 50.6 Å². The first-order chi connectivity index (χ1) is 9.66. The molecule has 21 heavy (non-hydrogen) atoms. The number of aryl methyl sites for hydroxylation is 1. The molecule has 0 spiro atoms. The standard InChI is InChI=1S/C13H23N3O4S/c1-10(2)8-16(5-6-20-4)13(17)12-7-11(9-15(12)3)21(14,18)19/h7,9-10H,5-6,8H2,1-4H3,(H2,14,18,19). The predicted molar refractivity (Wildman–Crippen MR) is 79.4 cm³/mol. The summed E-state index contributed by atoms with van der Waals surface area (Å²) in [6.45, 7) is 5.45. The number of sulfonamides is 1. The van der Waals surface area contributed by atoms with E-state index in [9.17, 15) is 13.2 Å². The third-order valence-corrected chi connectivity index (χ3v) is 3.85. The Morgan fingerprint density at radius 1 is 1.48 bits per heavy atom. The monoisotopic (exact) mass is 317 g/mol. The van der Waals surface area contributed by atoms with E-state index >= 15 is 0 Å². The molecular formula is C13H23N3O4S. The van der Waals surface area contributed by atoms with Crippen molar-refractivity contribution in [2.45, 2.75) is 18.7 Å². The highest BCUT2D eigenvalue weighted by atomic mass is 32.2. The van der Waals surface area contributed by atoms with Gasteiger partial charge in [0.1, 0.15) is 10.6 Å². The largest absolute Gasteiger partial charge is 0.383 e. The van der Waals surface area contributed by atoms with Gasteiger partial charge in [-0.15, -0.1) is 0 Å². The Morgan fingerprint density at radius 3 is 2.52 bits per heavy atom. The molecule has 0 fully saturated rings. The molecule has 0 aliphatic carbocycles. The van der Waals surface area contributed by atoms with E-state index in [1.807, 2.05) is 13.8 Å². The van der Waals surface area contributed by atoms with Crippen LogP contribution in [0.5, 0.6) is 0 Å². The van der Waals surface area contributed by atoms with Gasteiger partial charge in [-0.2, -0.15) is 0 Å². The quantitative estimate of drug-likeness (QED) is 0.788. The Hall–Kier alpha value is -1.38. The normalized spacial score (nSPS) is 11.9. The first kappa shape index (κ1) is 17.7. The van der Waals surface area contributed by atoms with E-state index in [0.29, 0.717) is 25.6 Å². The Morgan fingerprint density at radius 2 is 2.10 bits per heavy atom. The Kier molecular flexibility index (Phi) is 5.94. The molecule has 0 bridgehead atoms. The van der Waals surface area contributed by atoms with Crippen molar-refractivity contribution in [3.8, 4) is 0 Å². The van der Waals surface area contributed by atoms with E-state index in [4.69, 9.17) is 9.88 Å². The van der Waals surface area contributed by atoms with Crippen molar-refractivity contribution >= 4 is 15.9 Å². The number of carbonyl (C=O) groups is 1. The number of amides is 1. The minimum Gasteiger partial charge on any atom is -0.383 e. The number of methoxy groups -OCH3 is 1. The molecule has 2 N–H and O–H groups in total. The number of rotatable bonds is 7. The number of nitrogens with two attached hydrogens (primary N) is 1. The van der Waals surface area contributed by atoms with Crippen molar-refractivity contribution in [1.82, 2.24) is 9.47 Å². The lowest BCUT2D eigenvalue weighted by Gasteiger charge is -2.24. The number of nitrogens with zero attached hydrogens (tertiary/aromatic N) is 2. The van der Waals surface area contributed by atoms with Gasteiger partial charge >= 0.3 is 0 Å². The third-order valence-electron chi connectivity index (χ3n) is 2.97. The van der Waals surface area contributed by atoms with Gasteiger partial charge in [0.2, 0.25) is 10.0 Å². The van der Waals surface area contributed by atoms with Crippen LogP contribution in [-0.2, 0) is 21.8 Å². The summed E-state index contributed by atoms with van der Waals surface area (Å²) < 4.78 is 29.2. The molecule has 7 nitrogen and oxygen atoms in total. The average Bonchev–Trinajstić information content (AvgIpc) is 2.75. The topological polar surface area (TPSA) is 94.6 Å². The molecule has 1 aromatic heterocycles. The van der Waals surface area contributed by atoms with Crippen LogP contribution in [0.3, 0.4) is 0 Å². The van der Waals surface area contributed by atoms with E-state index in [1.165, 1.54) is 16.8 Å². The molecule has 120 valence electrons. The summed E-state index contributed by atoms with van der Waals surface area (Å²) in [6, 6.07) is 1.30. The summed E-state index contributed by atoms with van der Waals surface area (Å²) >= 11 is 0. The molecule has 0 aromatic carbocycles. The fourth-order valence-corrected chi connectivity index (χ4v) is 2.56. The highest BCUT2D eigenvalue weighted by Crippen LogP contribution is 2.14. The summed E-state index contributed by atoms with van der Waals surface area (Å²) in [5.74, 6) is 0.0573. The van der Waals surface area contributed by atoms with Gasteiger partial charge in [-0.3, -0.25) is 4.79 Å². The zero-order valence-corrected chi connectivity index (χ0v) is 13.7. The molecule has 1 aromatic rings. The van der Waals surface area contributed by atoms with Crippen LogP contribution in [0, 0.1) is 5.92 Å². The molecule has 1 heterocycles. The van der Waals surface area contributed by atoms with Crippen LogP contribution in [0.25, 0.3) is 0 Å². The third kappa shape index (κ3) is 4.83. The van der Waals surface area contributed by atoms with Crippen LogP contribution in [0.4, 0.5) is 0 Å². The second kappa shape index (κ2) is 7.06. The summed E-state index contributed by atoms with van der Waals surface area (Å²) in [5.41, 5.74) is 0.288. The maximum absolute atomic E-state index is 12.6. The lowest BCUT2D eigenvalue weighted by Crippen LogP contribution is -2.37. The van der Waals surface area contributed by atoms with Crippen molar-refractivity contribution in [3.05, 3.63) is 18.0 Å². The average molecular weight is 317 g/mol. The fraction of sp³-hybridized carbons (Fsp3) is 0.615. The lowest BCUT2D eigenvalue weighted by molar-refractivity contribution is 0.0663. The highest BCUT2D eigenvalue weighted by Gasteiger charge is 2.22. The molecule has 0 saturated heterocycles. The summed E-state index contributed by atoms with van der Waals surface area (Å²) in [6.07, 6.45) is 1.34. The maximum atomic E-state index is 12.6. The molecule has 8 heteroatoms. The molecule has 0 unspecified atom stereocenters. The minimum atomic E-state index is -3.82. The van der Waals surface area contributed by atoms with Gasteiger partial charge in [-0.05, 0) is 12.0 Å². The van der Waals surface area contributed by atoms with Gasteiger partial charge < -0.3 is 14.2 Å². The van der Waals surface area contributed by atoms with Crippen LogP contribution < -0.4 is 5.14 Å². The van der Waals surface area contributed by atoms with E-state index in [0.717, 1.165) is 0 Å². The molecule has 0 aliphatic heterocycles. The van der Waals surface area contributed by atoms with Gasteiger partial charge in [0.05, 0.1) is 6.61 Å². The Balaban J connectivity index is 3.05. The minimum absolute atomic E-state index is 0.0652. The second-order valence-electron chi connectivity index (χ2n) is 5.35.